The summed E-state index contributed by atoms with van der Waals surface area (Å²) in [5, 5.41) is 14.1. The van der Waals surface area contributed by atoms with Crippen LogP contribution in [0.1, 0.15) is 13.8 Å². The van der Waals surface area contributed by atoms with Gasteiger partial charge in [0.25, 0.3) is 0 Å². The number of thiocarbonyl (C=S) groups is 1. The number of amides is 2. The second-order valence-corrected chi connectivity index (χ2v) is 7.96. The van der Waals surface area contributed by atoms with Gasteiger partial charge in [-0.3, -0.25) is 5.21 Å². The third-order valence-corrected chi connectivity index (χ3v) is 5.15. The topological polar surface area (TPSA) is 55.8 Å². The maximum atomic E-state index is 12.2. The summed E-state index contributed by atoms with van der Waals surface area (Å²) in [7, 11) is 1.76. The van der Waals surface area contributed by atoms with Crippen molar-refractivity contribution in [2.75, 3.05) is 12.4 Å². The average Bonchev–Trinajstić information content (AvgIpc) is 2.60. The molecule has 114 valence electrons. The molecule has 0 aromatic heterocycles. The van der Waals surface area contributed by atoms with Crippen LogP contribution in [-0.4, -0.2) is 43.5 Å². The van der Waals surface area contributed by atoms with Gasteiger partial charge in [0.05, 0.1) is 4.75 Å². The van der Waals surface area contributed by atoms with Gasteiger partial charge < -0.3 is 10.2 Å². The summed E-state index contributed by atoms with van der Waals surface area (Å²) in [6, 6.07) is 6.03. The summed E-state index contributed by atoms with van der Waals surface area (Å²) in [4.78, 5) is 13.9. The second-order valence-electron chi connectivity index (χ2n) is 5.24. The second kappa shape index (κ2) is 6.00. The molecule has 1 aromatic rings. The largest absolute Gasteiger partial charge is 0.347 e. The van der Waals surface area contributed by atoms with Crippen LogP contribution in [0.25, 0.3) is 0 Å². The number of anilines is 1. The van der Waals surface area contributed by atoms with Gasteiger partial charge in [0.2, 0.25) is 0 Å². The van der Waals surface area contributed by atoms with Crippen LogP contribution in [0.4, 0.5) is 10.5 Å². The lowest BCUT2D eigenvalue weighted by molar-refractivity contribution is -0.110. The summed E-state index contributed by atoms with van der Waals surface area (Å²) >= 11 is 12.5. The first kappa shape index (κ1) is 16.4. The lowest BCUT2D eigenvalue weighted by Gasteiger charge is -2.34. The van der Waals surface area contributed by atoms with Crippen molar-refractivity contribution in [3.8, 4) is 0 Å². The molecule has 2 amide bonds. The van der Waals surface area contributed by atoms with Crippen LogP contribution in [0.3, 0.4) is 0 Å². The normalized spacial score (nSPS) is 20.5. The highest BCUT2D eigenvalue weighted by atomic mass is 35.5. The van der Waals surface area contributed by atoms with E-state index in [4.69, 9.17) is 23.8 Å². The van der Waals surface area contributed by atoms with Gasteiger partial charge in [-0.25, -0.2) is 4.79 Å². The molecule has 0 unspecified atom stereocenters. The Labute approximate surface area is 138 Å². The fraction of sp³-hybridized carbons (Fsp3) is 0.385. The number of hydroxylamine groups is 2. The molecule has 2 N–H and O–H groups in total. The van der Waals surface area contributed by atoms with Crippen molar-refractivity contribution in [1.29, 1.82) is 0 Å². The number of carbonyl (C=O) groups excluding carboxylic acids is 1. The number of benzene rings is 1. The maximum absolute atomic E-state index is 12.2. The van der Waals surface area contributed by atoms with Crippen molar-refractivity contribution in [3.05, 3.63) is 29.3 Å². The van der Waals surface area contributed by atoms with Crippen molar-refractivity contribution in [1.82, 2.24) is 9.96 Å². The molecule has 1 aliphatic heterocycles. The molecule has 0 saturated carbocycles. The molecule has 1 heterocycles. The van der Waals surface area contributed by atoms with E-state index in [2.05, 4.69) is 5.32 Å². The minimum Gasteiger partial charge on any atom is -0.337 e. The monoisotopic (exact) mass is 345 g/mol. The zero-order valence-corrected chi connectivity index (χ0v) is 14.2. The molecule has 0 aliphatic carbocycles. The highest BCUT2D eigenvalue weighted by Crippen LogP contribution is 2.41. The molecular weight excluding hydrogens is 330 g/mol. The van der Waals surface area contributed by atoms with Crippen LogP contribution in [0.15, 0.2) is 24.3 Å². The number of thioether (sulfide) groups is 1. The minimum absolute atomic E-state index is 0.405. The summed E-state index contributed by atoms with van der Waals surface area (Å²) < 4.78 is 0.237. The number of hydrogen-bond donors (Lipinski definition) is 2. The van der Waals surface area contributed by atoms with E-state index in [0.717, 1.165) is 0 Å². The SMILES string of the molecule is CN1C(=S)SC(C)(C)[C@H]1N(O)C(=O)Nc1ccc(Cl)cc1. The van der Waals surface area contributed by atoms with Crippen molar-refractivity contribution in [2.24, 2.45) is 0 Å². The number of nitrogens with one attached hydrogen (secondary N) is 1. The molecule has 1 fully saturated rings. The maximum Gasteiger partial charge on any atom is 0.347 e. The molecule has 2 rings (SSSR count). The minimum atomic E-state index is -0.618. The zero-order valence-electron chi connectivity index (χ0n) is 11.8. The smallest absolute Gasteiger partial charge is 0.337 e. The van der Waals surface area contributed by atoms with Gasteiger partial charge in [-0.15, -0.1) is 0 Å². The van der Waals surface area contributed by atoms with E-state index in [-0.39, 0.29) is 0 Å². The summed E-state index contributed by atoms with van der Waals surface area (Å²) in [6.45, 7) is 3.86. The summed E-state index contributed by atoms with van der Waals surface area (Å²) in [5.74, 6) is 0. The van der Waals surface area contributed by atoms with E-state index in [1.54, 1.807) is 36.2 Å². The van der Waals surface area contributed by atoms with Crippen molar-refractivity contribution >= 4 is 51.6 Å². The molecule has 0 bridgehead atoms. The first-order valence-electron chi connectivity index (χ1n) is 6.23. The zero-order chi connectivity index (χ0) is 15.8. The Hall–Kier alpha value is -1.02. The average molecular weight is 346 g/mol. The molecule has 0 spiro atoms. The number of rotatable bonds is 2. The van der Waals surface area contributed by atoms with Gasteiger partial charge in [0.1, 0.15) is 10.5 Å². The predicted molar refractivity (Wildman–Crippen MR) is 89.9 cm³/mol. The molecule has 8 heteroatoms. The Balaban J connectivity index is 2.12. The number of nitrogens with zero attached hydrogens (tertiary/aromatic N) is 2. The van der Waals surface area contributed by atoms with Crippen LogP contribution in [0, 0.1) is 0 Å². The Morgan fingerprint density at radius 1 is 1.48 bits per heavy atom. The molecule has 1 saturated heterocycles. The first-order valence-corrected chi connectivity index (χ1v) is 7.83. The Morgan fingerprint density at radius 3 is 2.52 bits per heavy atom. The van der Waals surface area contributed by atoms with Crippen LogP contribution >= 0.6 is 35.6 Å². The highest BCUT2D eigenvalue weighted by molar-refractivity contribution is 8.24. The summed E-state index contributed by atoms with van der Waals surface area (Å²) in [5.41, 5.74) is 0.553. The summed E-state index contributed by atoms with van der Waals surface area (Å²) in [6.07, 6.45) is -0.540. The van der Waals surface area contributed by atoms with Crippen molar-refractivity contribution in [2.45, 2.75) is 24.8 Å². The van der Waals surface area contributed by atoms with Crippen molar-refractivity contribution in [3.63, 3.8) is 0 Å². The number of urea groups is 1. The molecule has 0 radical (unpaired) electrons. The van der Waals surface area contributed by atoms with E-state index in [9.17, 15) is 10.0 Å². The number of halogens is 1. The van der Waals surface area contributed by atoms with Crippen molar-refractivity contribution < 1.29 is 10.0 Å². The lowest BCUT2D eigenvalue weighted by atomic mass is 10.1. The Kier molecular flexibility index (Phi) is 4.67. The van der Waals surface area contributed by atoms with Crippen LogP contribution in [0.2, 0.25) is 5.02 Å². The third-order valence-electron chi connectivity index (χ3n) is 3.16. The Morgan fingerprint density at radius 2 is 2.05 bits per heavy atom. The molecule has 1 atom stereocenters. The molecule has 1 aromatic carbocycles. The van der Waals surface area contributed by atoms with Gasteiger partial charge >= 0.3 is 6.03 Å². The molecular formula is C13H16ClN3O2S2. The predicted octanol–water partition coefficient (Wildman–Crippen LogP) is 3.63. The fourth-order valence-corrected chi connectivity index (χ4v) is 4.13. The van der Waals surface area contributed by atoms with E-state index in [1.807, 2.05) is 13.8 Å². The van der Waals surface area contributed by atoms with Gasteiger partial charge in [0, 0.05) is 17.8 Å². The fourth-order valence-electron chi connectivity index (χ4n) is 2.20. The van der Waals surface area contributed by atoms with Gasteiger partial charge in [-0.1, -0.05) is 35.6 Å². The highest BCUT2D eigenvalue weighted by Gasteiger charge is 2.47. The van der Waals surface area contributed by atoms with E-state index < -0.39 is 16.9 Å². The Bertz CT molecular complexity index is 565. The first-order chi connectivity index (χ1) is 9.72. The van der Waals surface area contributed by atoms with E-state index in [0.29, 0.717) is 20.1 Å². The van der Waals surface area contributed by atoms with Gasteiger partial charge in [0.15, 0.2) is 0 Å². The lowest BCUT2D eigenvalue weighted by Crippen LogP contribution is -2.54. The molecule has 5 nitrogen and oxygen atoms in total. The van der Waals surface area contributed by atoms with E-state index >= 15 is 0 Å². The number of carbonyl (C=O) groups is 1. The third kappa shape index (κ3) is 3.42. The van der Waals surface area contributed by atoms with E-state index in [1.165, 1.54) is 11.8 Å². The standard InChI is InChI=1S/C13H16ClN3O2S2/c1-13(2)10(16(3)12(20)21-13)17(19)11(18)15-9-6-4-8(14)5-7-9/h4-7,10,19H,1-3H3,(H,15,18)/t10-/m1/s1. The van der Waals surface area contributed by atoms with Gasteiger partial charge in [-0.05, 0) is 38.1 Å². The van der Waals surface area contributed by atoms with Gasteiger partial charge in [-0.2, -0.15) is 5.06 Å². The quantitative estimate of drug-likeness (QED) is 0.487. The van der Waals surface area contributed by atoms with Crippen LogP contribution in [0.5, 0.6) is 0 Å². The van der Waals surface area contributed by atoms with Crippen LogP contribution < -0.4 is 5.32 Å². The number of hydrogen-bond acceptors (Lipinski definition) is 4. The van der Waals surface area contributed by atoms with Crippen LogP contribution in [-0.2, 0) is 0 Å². The molecule has 1 aliphatic rings. The molecule has 21 heavy (non-hydrogen) atoms.